The van der Waals surface area contributed by atoms with E-state index in [4.69, 9.17) is 14.3 Å². The van der Waals surface area contributed by atoms with Gasteiger partial charge in [-0.3, -0.25) is 10.1 Å². The number of ether oxygens (including phenoxy) is 1. The Morgan fingerprint density at radius 3 is 2.85 bits per heavy atom. The highest BCUT2D eigenvalue weighted by Gasteiger charge is 2.20. The molecule has 0 radical (unpaired) electrons. The average molecular weight is 187 g/mol. The molecule has 1 aromatic heterocycles. The standard InChI is InChI=1S/C7H9NO5/c1-2-12-7-3-5(8(10)11)6(4-9)13-7/h3,9H,2,4H2,1H3. The number of hydrogen-bond acceptors (Lipinski definition) is 5. The summed E-state index contributed by atoms with van der Waals surface area (Å²) in [4.78, 5) is 9.75. The lowest BCUT2D eigenvalue weighted by Gasteiger charge is -1.93. The molecule has 72 valence electrons. The van der Waals surface area contributed by atoms with Crippen molar-refractivity contribution in [2.75, 3.05) is 6.61 Å². The third-order valence-corrected chi connectivity index (χ3v) is 1.39. The fourth-order valence-electron chi connectivity index (χ4n) is 0.876. The van der Waals surface area contributed by atoms with E-state index in [1.807, 2.05) is 0 Å². The number of aliphatic hydroxyl groups excluding tert-OH is 1. The molecule has 1 heterocycles. The van der Waals surface area contributed by atoms with E-state index in [1.165, 1.54) is 0 Å². The molecule has 0 fully saturated rings. The van der Waals surface area contributed by atoms with Gasteiger partial charge < -0.3 is 14.3 Å². The molecule has 1 aromatic rings. The lowest BCUT2D eigenvalue weighted by atomic mass is 10.4. The minimum atomic E-state index is -0.627. The van der Waals surface area contributed by atoms with Crippen molar-refractivity contribution in [3.8, 4) is 5.95 Å². The van der Waals surface area contributed by atoms with Crippen LogP contribution in [0.2, 0.25) is 0 Å². The summed E-state index contributed by atoms with van der Waals surface area (Å²) in [5.74, 6) is -0.0355. The Hall–Kier alpha value is -1.56. The van der Waals surface area contributed by atoms with Crippen LogP contribution in [0.3, 0.4) is 0 Å². The van der Waals surface area contributed by atoms with Gasteiger partial charge in [-0.1, -0.05) is 0 Å². The number of aliphatic hydroxyl groups is 1. The zero-order valence-electron chi connectivity index (χ0n) is 7.02. The fraction of sp³-hybridized carbons (Fsp3) is 0.429. The molecule has 0 atom stereocenters. The van der Waals surface area contributed by atoms with Crippen LogP contribution in [0.25, 0.3) is 0 Å². The summed E-state index contributed by atoms with van der Waals surface area (Å²) < 4.78 is 9.75. The number of furan rings is 1. The maximum absolute atomic E-state index is 10.4. The normalized spacial score (nSPS) is 10.0. The van der Waals surface area contributed by atoms with Crippen LogP contribution >= 0.6 is 0 Å². The number of nitro groups is 1. The van der Waals surface area contributed by atoms with Crippen LogP contribution in [0.4, 0.5) is 5.69 Å². The van der Waals surface area contributed by atoms with Gasteiger partial charge >= 0.3 is 5.69 Å². The smallest absolute Gasteiger partial charge is 0.317 e. The highest BCUT2D eigenvalue weighted by molar-refractivity contribution is 5.37. The lowest BCUT2D eigenvalue weighted by Crippen LogP contribution is -1.90. The van der Waals surface area contributed by atoms with E-state index in [0.29, 0.717) is 6.61 Å². The first-order valence-electron chi connectivity index (χ1n) is 3.69. The van der Waals surface area contributed by atoms with Gasteiger partial charge in [0.1, 0.15) is 12.7 Å². The molecule has 0 amide bonds. The van der Waals surface area contributed by atoms with Crippen molar-refractivity contribution in [3.63, 3.8) is 0 Å². The van der Waals surface area contributed by atoms with Crippen LogP contribution in [0.5, 0.6) is 5.95 Å². The SMILES string of the molecule is CCOc1cc([N+](=O)[O-])c(CO)o1. The van der Waals surface area contributed by atoms with E-state index < -0.39 is 11.5 Å². The van der Waals surface area contributed by atoms with Crippen molar-refractivity contribution in [1.29, 1.82) is 0 Å². The van der Waals surface area contributed by atoms with E-state index in [0.717, 1.165) is 6.07 Å². The zero-order valence-corrected chi connectivity index (χ0v) is 7.02. The molecule has 0 saturated heterocycles. The monoisotopic (exact) mass is 187 g/mol. The number of hydrogen-bond donors (Lipinski definition) is 1. The van der Waals surface area contributed by atoms with Crippen molar-refractivity contribution in [3.05, 3.63) is 21.9 Å². The van der Waals surface area contributed by atoms with E-state index in [9.17, 15) is 10.1 Å². The van der Waals surface area contributed by atoms with E-state index in [1.54, 1.807) is 6.92 Å². The van der Waals surface area contributed by atoms with Gasteiger partial charge in [0.15, 0.2) is 0 Å². The van der Waals surface area contributed by atoms with Crippen molar-refractivity contribution >= 4 is 5.69 Å². The molecule has 6 heteroatoms. The largest absolute Gasteiger partial charge is 0.465 e. The fourth-order valence-corrected chi connectivity index (χ4v) is 0.876. The number of nitrogens with zero attached hydrogens (tertiary/aromatic N) is 1. The quantitative estimate of drug-likeness (QED) is 0.563. The Balaban J connectivity index is 2.97. The Morgan fingerprint density at radius 2 is 2.46 bits per heavy atom. The highest BCUT2D eigenvalue weighted by atomic mass is 16.6. The van der Waals surface area contributed by atoms with Gasteiger partial charge in [-0.2, -0.15) is 0 Å². The van der Waals surface area contributed by atoms with Gasteiger partial charge in [-0.05, 0) is 6.92 Å². The zero-order chi connectivity index (χ0) is 9.84. The Labute approximate surface area is 73.9 Å². The van der Waals surface area contributed by atoms with E-state index in [2.05, 4.69) is 0 Å². The summed E-state index contributed by atoms with van der Waals surface area (Å²) in [6, 6.07) is 1.15. The molecule has 0 spiro atoms. The second-order valence-corrected chi connectivity index (χ2v) is 2.22. The maximum Gasteiger partial charge on any atom is 0.317 e. The molecule has 0 unspecified atom stereocenters. The van der Waals surface area contributed by atoms with Crippen LogP contribution in [-0.2, 0) is 6.61 Å². The molecular weight excluding hydrogens is 178 g/mol. The second-order valence-electron chi connectivity index (χ2n) is 2.22. The van der Waals surface area contributed by atoms with Crippen molar-refractivity contribution in [2.45, 2.75) is 13.5 Å². The molecule has 0 saturated carbocycles. The van der Waals surface area contributed by atoms with Gasteiger partial charge in [0.25, 0.3) is 5.95 Å². The summed E-state index contributed by atoms with van der Waals surface area (Å²) in [5, 5.41) is 19.1. The Kier molecular flexibility index (Phi) is 2.86. The van der Waals surface area contributed by atoms with Crippen LogP contribution < -0.4 is 4.74 Å². The van der Waals surface area contributed by atoms with Crippen LogP contribution in [0, 0.1) is 10.1 Å². The lowest BCUT2D eigenvalue weighted by molar-refractivity contribution is -0.386. The molecule has 13 heavy (non-hydrogen) atoms. The molecular formula is C7H9NO5. The molecule has 0 aliphatic rings. The molecule has 0 bridgehead atoms. The molecule has 0 aromatic carbocycles. The van der Waals surface area contributed by atoms with Crippen molar-refractivity contribution in [2.24, 2.45) is 0 Å². The minimum Gasteiger partial charge on any atom is -0.465 e. The number of rotatable bonds is 4. The van der Waals surface area contributed by atoms with Crippen molar-refractivity contribution in [1.82, 2.24) is 0 Å². The van der Waals surface area contributed by atoms with E-state index in [-0.39, 0.29) is 17.4 Å². The summed E-state index contributed by atoms with van der Waals surface area (Å²) in [6.45, 7) is 1.58. The summed E-state index contributed by atoms with van der Waals surface area (Å²) in [6.07, 6.45) is 0. The average Bonchev–Trinajstić information content (AvgIpc) is 2.48. The first kappa shape index (κ1) is 9.53. The van der Waals surface area contributed by atoms with Gasteiger partial charge in [-0.25, -0.2) is 0 Å². The van der Waals surface area contributed by atoms with Crippen LogP contribution in [0.15, 0.2) is 10.5 Å². The third kappa shape index (κ3) is 1.97. The van der Waals surface area contributed by atoms with Gasteiger partial charge in [-0.15, -0.1) is 0 Å². The predicted octanol–water partition coefficient (Wildman–Crippen LogP) is 1.08. The van der Waals surface area contributed by atoms with Gasteiger partial charge in [0, 0.05) is 0 Å². The third-order valence-electron chi connectivity index (χ3n) is 1.39. The van der Waals surface area contributed by atoms with Crippen molar-refractivity contribution < 1.29 is 19.2 Å². The van der Waals surface area contributed by atoms with Crippen LogP contribution in [-0.4, -0.2) is 16.6 Å². The topological polar surface area (TPSA) is 85.7 Å². The summed E-state index contributed by atoms with van der Waals surface area (Å²) in [5.41, 5.74) is -0.258. The maximum atomic E-state index is 10.4. The van der Waals surface area contributed by atoms with Gasteiger partial charge in [0.05, 0.1) is 11.5 Å². The minimum absolute atomic E-state index is 0.0539. The molecule has 0 aliphatic heterocycles. The molecule has 6 nitrogen and oxygen atoms in total. The summed E-state index contributed by atoms with van der Waals surface area (Å²) >= 11 is 0. The second kappa shape index (κ2) is 3.90. The summed E-state index contributed by atoms with van der Waals surface area (Å²) in [7, 11) is 0. The molecule has 0 aliphatic carbocycles. The Bertz CT molecular complexity index is 306. The highest BCUT2D eigenvalue weighted by Crippen LogP contribution is 2.28. The van der Waals surface area contributed by atoms with Gasteiger partial charge in [0.2, 0.25) is 5.76 Å². The first-order valence-corrected chi connectivity index (χ1v) is 3.69. The van der Waals surface area contributed by atoms with E-state index >= 15 is 0 Å². The predicted molar refractivity (Wildman–Crippen MR) is 42.5 cm³/mol. The van der Waals surface area contributed by atoms with Crippen LogP contribution in [0.1, 0.15) is 12.7 Å². The first-order chi connectivity index (χ1) is 6.19. The molecule has 1 rings (SSSR count). The Morgan fingerprint density at radius 1 is 1.77 bits per heavy atom. The molecule has 1 N–H and O–H groups in total.